The first-order valence-electron chi connectivity index (χ1n) is 5.52. The summed E-state index contributed by atoms with van der Waals surface area (Å²) in [6.07, 6.45) is 0. The van der Waals surface area contributed by atoms with E-state index >= 15 is 0 Å². The van der Waals surface area contributed by atoms with Crippen LogP contribution in [-0.4, -0.2) is 27.0 Å². The van der Waals surface area contributed by atoms with E-state index in [4.69, 9.17) is 5.73 Å². The number of carbonyl (C=O) groups is 2. The number of aromatic amines is 1. The van der Waals surface area contributed by atoms with Crippen molar-refractivity contribution >= 4 is 29.1 Å². The summed E-state index contributed by atoms with van der Waals surface area (Å²) in [6, 6.07) is 3.78. The summed E-state index contributed by atoms with van der Waals surface area (Å²) < 4.78 is 13.6. The van der Waals surface area contributed by atoms with Gasteiger partial charge in [0.05, 0.1) is 5.69 Å². The molecular formula is C11H11FN6O2. The first kappa shape index (κ1) is 13.5. The van der Waals surface area contributed by atoms with Crippen molar-refractivity contribution in [2.75, 3.05) is 16.4 Å². The number of rotatable bonds is 3. The lowest BCUT2D eigenvalue weighted by atomic mass is 10.2. The molecule has 0 aliphatic rings. The van der Waals surface area contributed by atoms with Crippen LogP contribution in [0.5, 0.6) is 0 Å². The summed E-state index contributed by atoms with van der Waals surface area (Å²) >= 11 is 0. The number of anilines is 3. The van der Waals surface area contributed by atoms with E-state index in [-0.39, 0.29) is 23.4 Å². The van der Waals surface area contributed by atoms with E-state index in [1.165, 1.54) is 19.1 Å². The standard InChI is InChI=1S/C11H11FN6O2/c1-5(19)14-6-2-3-7(12)8(4-6)15-10(20)9-16-11(13)18-17-9/h2-4H,1H3,(H,14,19)(H,15,20)(H3,13,16,17,18). The predicted molar refractivity (Wildman–Crippen MR) is 69.5 cm³/mol. The Hall–Kier alpha value is -2.97. The lowest BCUT2D eigenvalue weighted by Crippen LogP contribution is -2.15. The molecule has 0 fully saturated rings. The van der Waals surface area contributed by atoms with E-state index in [1.807, 2.05) is 0 Å². The highest BCUT2D eigenvalue weighted by atomic mass is 19.1. The van der Waals surface area contributed by atoms with Crippen LogP contribution in [0.3, 0.4) is 0 Å². The molecule has 9 heteroatoms. The largest absolute Gasteiger partial charge is 0.366 e. The van der Waals surface area contributed by atoms with Crippen LogP contribution in [-0.2, 0) is 4.79 Å². The first-order chi connectivity index (χ1) is 9.45. The van der Waals surface area contributed by atoms with Gasteiger partial charge in [0.25, 0.3) is 5.91 Å². The molecule has 1 aromatic heterocycles. The zero-order valence-electron chi connectivity index (χ0n) is 10.4. The number of H-pyrrole nitrogens is 1. The van der Waals surface area contributed by atoms with Crippen LogP contribution in [0.4, 0.5) is 21.7 Å². The van der Waals surface area contributed by atoms with E-state index in [0.717, 1.165) is 6.07 Å². The number of hydrogen-bond donors (Lipinski definition) is 4. The normalized spacial score (nSPS) is 10.1. The fourth-order valence-electron chi connectivity index (χ4n) is 1.46. The second kappa shape index (κ2) is 5.34. The number of nitrogens with zero attached hydrogens (tertiary/aromatic N) is 2. The molecule has 20 heavy (non-hydrogen) atoms. The summed E-state index contributed by atoms with van der Waals surface area (Å²) in [5.41, 5.74) is 5.52. The van der Waals surface area contributed by atoms with E-state index in [0.29, 0.717) is 5.69 Å². The van der Waals surface area contributed by atoms with E-state index < -0.39 is 11.7 Å². The van der Waals surface area contributed by atoms with Gasteiger partial charge in [0, 0.05) is 12.6 Å². The number of aromatic nitrogens is 3. The molecule has 2 aromatic rings. The summed E-state index contributed by atoms with van der Waals surface area (Å²) in [5, 5.41) is 10.6. The van der Waals surface area contributed by atoms with Crippen LogP contribution in [0, 0.1) is 5.82 Å². The number of amides is 2. The maximum Gasteiger partial charge on any atom is 0.293 e. The Balaban J connectivity index is 2.19. The number of carbonyl (C=O) groups excluding carboxylic acids is 2. The van der Waals surface area contributed by atoms with Gasteiger partial charge in [-0.15, -0.1) is 5.10 Å². The molecule has 0 saturated carbocycles. The number of benzene rings is 1. The minimum absolute atomic E-state index is 0.0948. The fraction of sp³-hybridized carbons (Fsp3) is 0.0909. The van der Waals surface area contributed by atoms with Gasteiger partial charge in [0.1, 0.15) is 5.82 Å². The van der Waals surface area contributed by atoms with Crippen molar-refractivity contribution in [3.63, 3.8) is 0 Å². The van der Waals surface area contributed by atoms with Gasteiger partial charge in [0.2, 0.25) is 17.7 Å². The van der Waals surface area contributed by atoms with Crippen LogP contribution >= 0.6 is 0 Å². The maximum atomic E-state index is 13.6. The SMILES string of the molecule is CC(=O)Nc1ccc(F)c(NC(=O)c2nc(N)n[nH]2)c1. The monoisotopic (exact) mass is 278 g/mol. The highest BCUT2D eigenvalue weighted by Crippen LogP contribution is 2.20. The molecule has 0 saturated heterocycles. The van der Waals surface area contributed by atoms with Crippen LogP contribution in [0.2, 0.25) is 0 Å². The molecular weight excluding hydrogens is 267 g/mol. The first-order valence-corrected chi connectivity index (χ1v) is 5.52. The van der Waals surface area contributed by atoms with Gasteiger partial charge in [-0.3, -0.25) is 14.7 Å². The Morgan fingerprint density at radius 1 is 1.35 bits per heavy atom. The van der Waals surface area contributed by atoms with Crippen LogP contribution in [0.1, 0.15) is 17.5 Å². The zero-order valence-corrected chi connectivity index (χ0v) is 10.4. The van der Waals surface area contributed by atoms with Crippen molar-refractivity contribution in [2.45, 2.75) is 6.92 Å². The second-order valence-electron chi connectivity index (χ2n) is 3.87. The molecule has 0 aliphatic heterocycles. The minimum atomic E-state index is -0.701. The summed E-state index contributed by atoms with van der Waals surface area (Å²) in [5.74, 6) is -1.90. The molecule has 104 valence electrons. The van der Waals surface area contributed by atoms with Crippen LogP contribution in [0.15, 0.2) is 18.2 Å². The molecule has 0 unspecified atom stereocenters. The van der Waals surface area contributed by atoms with Gasteiger partial charge in [0.15, 0.2) is 0 Å². The molecule has 2 rings (SSSR count). The number of nitrogens with two attached hydrogens (primary N) is 1. The van der Waals surface area contributed by atoms with Gasteiger partial charge in [-0.2, -0.15) is 4.98 Å². The Bertz CT molecular complexity index is 669. The van der Waals surface area contributed by atoms with Crippen LogP contribution < -0.4 is 16.4 Å². The molecule has 0 spiro atoms. The molecule has 5 N–H and O–H groups in total. The molecule has 8 nitrogen and oxygen atoms in total. The molecule has 0 atom stereocenters. The minimum Gasteiger partial charge on any atom is -0.366 e. The van der Waals surface area contributed by atoms with E-state index in [2.05, 4.69) is 25.8 Å². The number of nitrogens with one attached hydrogen (secondary N) is 3. The molecule has 1 aromatic carbocycles. The Morgan fingerprint density at radius 3 is 2.70 bits per heavy atom. The molecule has 1 heterocycles. The highest BCUT2D eigenvalue weighted by molar-refractivity contribution is 6.02. The van der Waals surface area contributed by atoms with Crippen molar-refractivity contribution in [2.24, 2.45) is 0 Å². The van der Waals surface area contributed by atoms with E-state index in [9.17, 15) is 14.0 Å². The summed E-state index contributed by atoms with van der Waals surface area (Å²) in [7, 11) is 0. The number of halogens is 1. The maximum absolute atomic E-state index is 13.6. The Kier molecular flexibility index (Phi) is 3.60. The summed E-state index contributed by atoms with van der Waals surface area (Å²) in [4.78, 5) is 26.3. The average Bonchev–Trinajstić information content (AvgIpc) is 2.79. The topological polar surface area (TPSA) is 126 Å². The zero-order chi connectivity index (χ0) is 14.7. The van der Waals surface area contributed by atoms with Crippen molar-refractivity contribution in [3.8, 4) is 0 Å². The van der Waals surface area contributed by atoms with Gasteiger partial charge in [-0.25, -0.2) is 4.39 Å². The smallest absolute Gasteiger partial charge is 0.293 e. The Morgan fingerprint density at radius 2 is 2.10 bits per heavy atom. The highest BCUT2D eigenvalue weighted by Gasteiger charge is 2.13. The number of hydrogen-bond acceptors (Lipinski definition) is 5. The van der Waals surface area contributed by atoms with Crippen molar-refractivity contribution in [1.29, 1.82) is 0 Å². The molecule has 0 aliphatic carbocycles. The number of nitrogen functional groups attached to an aromatic ring is 1. The lowest BCUT2D eigenvalue weighted by Gasteiger charge is -2.07. The molecule has 2 amide bonds. The third-order valence-electron chi connectivity index (χ3n) is 2.25. The average molecular weight is 278 g/mol. The molecule has 0 radical (unpaired) electrons. The van der Waals surface area contributed by atoms with Gasteiger partial charge in [-0.1, -0.05) is 0 Å². The predicted octanol–water partition coefficient (Wildman–Crippen LogP) is 0.737. The van der Waals surface area contributed by atoms with Crippen molar-refractivity contribution < 1.29 is 14.0 Å². The molecule has 0 bridgehead atoms. The fourth-order valence-corrected chi connectivity index (χ4v) is 1.46. The summed E-state index contributed by atoms with van der Waals surface area (Å²) in [6.45, 7) is 1.32. The van der Waals surface area contributed by atoms with Gasteiger partial charge >= 0.3 is 0 Å². The third kappa shape index (κ3) is 3.07. The van der Waals surface area contributed by atoms with Crippen molar-refractivity contribution in [3.05, 3.63) is 29.8 Å². The quantitative estimate of drug-likeness (QED) is 0.658. The van der Waals surface area contributed by atoms with Crippen molar-refractivity contribution in [1.82, 2.24) is 15.2 Å². The van der Waals surface area contributed by atoms with Gasteiger partial charge in [-0.05, 0) is 18.2 Å². The van der Waals surface area contributed by atoms with Gasteiger partial charge < -0.3 is 16.4 Å². The second-order valence-corrected chi connectivity index (χ2v) is 3.87. The van der Waals surface area contributed by atoms with Crippen LogP contribution in [0.25, 0.3) is 0 Å². The third-order valence-corrected chi connectivity index (χ3v) is 2.25. The van der Waals surface area contributed by atoms with E-state index in [1.54, 1.807) is 0 Å². The Labute approximate surface area is 112 Å². The lowest BCUT2D eigenvalue weighted by molar-refractivity contribution is -0.114.